The van der Waals surface area contributed by atoms with Gasteiger partial charge in [-0.3, -0.25) is 0 Å². The van der Waals surface area contributed by atoms with Crippen molar-refractivity contribution < 1.29 is 9.47 Å². The van der Waals surface area contributed by atoms with Crippen molar-refractivity contribution >= 4 is 0 Å². The average molecular weight is 158 g/mol. The first kappa shape index (κ1) is 10.7. The Kier molecular flexibility index (Phi) is 7.52. The first-order valence-corrected chi connectivity index (χ1v) is 4.04. The van der Waals surface area contributed by atoms with Crippen molar-refractivity contribution in [3.63, 3.8) is 0 Å². The summed E-state index contributed by atoms with van der Waals surface area (Å²) in [6.07, 6.45) is 3.92. The van der Waals surface area contributed by atoms with Gasteiger partial charge >= 0.3 is 0 Å². The van der Waals surface area contributed by atoms with Crippen molar-refractivity contribution in [1.82, 2.24) is 0 Å². The minimum atomic E-state index is 0.405. The second kappa shape index (κ2) is 7.76. The number of hydrogen-bond acceptors (Lipinski definition) is 2. The highest BCUT2D eigenvalue weighted by Crippen LogP contribution is 1.91. The molecule has 0 atom stereocenters. The Morgan fingerprint density at radius 3 is 2.55 bits per heavy atom. The molecule has 0 aromatic rings. The SMILES string of the molecule is CC=CCOCOCC(C)C. The van der Waals surface area contributed by atoms with E-state index in [9.17, 15) is 0 Å². The third kappa shape index (κ3) is 9.66. The van der Waals surface area contributed by atoms with E-state index in [1.165, 1.54) is 0 Å². The van der Waals surface area contributed by atoms with E-state index in [1.807, 2.05) is 19.1 Å². The molecule has 0 amide bonds. The number of rotatable bonds is 6. The fraction of sp³-hybridized carbons (Fsp3) is 0.778. The summed E-state index contributed by atoms with van der Waals surface area (Å²) in [5.41, 5.74) is 0. The number of allylic oxidation sites excluding steroid dienone is 1. The largest absolute Gasteiger partial charge is 0.355 e. The molecule has 0 aromatic heterocycles. The quantitative estimate of drug-likeness (QED) is 0.335. The molecule has 0 bridgehead atoms. The van der Waals surface area contributed by atoms with Gasteiger partial charge in [-0.15, -0.1) is 0 Å². The maximum atomic E-state index is 5.19. The third-order valence-electron chi connectivity index (χ3n) is 1.07. The summed E-state index contributed by atoms with van der Waals surface area (Å²) in [4.78, 5) is 0. The molecule has 0 rings (SSSR count). The highest BCUT2D eigenvalue weighted by atomic mass is 16.7. The van der Waals surface area contributed by atoms with Crippen LogP contribution in [0.15, 0.2) is 12.2 Å². The molecule has 0 fully saturated rings. The van der Waals surface area contributed by atoms with Gasteiger partial charge < -0.3 is 9.47 Å². The molecule has 0 aromatic carbocycles. The highest BCUT2D eigenvalue weighted by Gasteiger charge is 1.91. The standard InChI is InChI=1S/C9H18O2/c1-4-5-6-10-8-11-7-9(2)3/h4-5,9H,6-8H2,1-3H3. The smallest absolute Gasteiger partial charge is 0.147 e. The van der Waals surface area contributed by atoms with Crippen LogP contribution in [0.3, 0.4) is 0 Å². The van der Waals surface area contributed by atoms with Gasteiger partial charge in [-0.25, -0.2) is 0 Å². The van der Waals surface area contributed by atoms with Crippen LogP contribution in [0.2, 0.25) is 0 Å². The molecular formula is C9H18O2. The van der Waals surface area contributed by atoms with Gasteiger partial charge in [0.05, 0.1) is 13.2 Å². The van der Waals surface area contributed by atoms with E-state index in [4.69, 9.17) is 9.47 Å². The zero-order valence-electron chi connectivity index (χ0n) is 7.67. The molecule has 0 radical (unpaired) electrons. The van der Waals surface area contributed by atoms with Crippen LogP contribution in [0.4, 0.5) is 0 Å². The van der Waals surface area contributed by atoms with Crippen LogP contribution in [0.1, 0.15) is 20.8 Å². The summed E-state index contributed by atoms with van der Waals surface area (Å²) in [6, 6.07) is 0. The minimum absolute atomic E-state index is 0.405. The predicted octanol–water partition coefficient (Wildman–Crippen LogP) is 2.21. The van der Waals surface area contributed by atoms with E-state index in [1.54, 1.807) is 0 Å². The highest BCUT2D eigenvalue weighted by molar-refractivity contribution is 4.75. The van der Waals surface area contributed by atoms with Crippen LogP contribution in [0, 0.1) is 5.92 Å². The monoisotopic (exact) mass is 158 g/mol. The van der Waals surface area contributed by atoms with Crippen LogP contribution in [0.25, 0.3) is 0 Å². The molecule has 11 heavy (non-hydrogen) atoms. The molecule has 0 saturated heterocycles. The molecule has 0 N–H and O–H groups in total. The first-order valence-electron chi connectivity index (χ1n) is 4.04. The van der Waals surface area contributed by atoms with Gasteiger partial charge in [-0.1, -0.05) is 26.0 Å². The second-order valence-corrected chi connectivity index (χ2v) is 2.82. The predicted molar refractivity (Wildman–Crippen MR) is 46.4 cm³/mol. The Bertz CT molecular complexity index is 97.7. The Morgan fingerprint density at radius 1 is 1.27 bits per heavy atom. The zero-order chi connectivity index (χ0) is 8.53. The van der Waals surface area contributed by atoms with Crippen molar-refractivity contribution in [2.24, 2.45) is 5.92 Å². The normalized spacial score (nSPS) is 11.6. The van der Waals surface area contributed by atoms with Crippen LogP contribution in [-0.2, 0) is 9.47 Å². The molecule has 0 aliphatic carbocycles. The Hall–Kier alpha value is -0.340. The number of ether oxygens (including phenoxy) is 2. The summed E-state index contributed by atoms with van der Waals surface area (Å²) in [6.45, 7) is 8.03. The van der Waals surface area contributed by atoms with Crippen molar-refractivity contribution in [3.05, 3.63) is 12.2 Å². The summed E-state index contributed by atoms with van der Waals surface area (Å²) >= 11 is 0. The van der Waals surface area contributed by atoms with Gasteiger partial charge in [0.15, 0.2) is 0 Å². The zero-order valence-corrected chi connectivity index (χ0v) is 7.67. The van der Waals surface area contributed by atoms with Crippen LogP contribution >= 0.6 is 0 Å². The maximum absolute atomic E-state index is 5.19. The molecular weight excluding hydrogens is 140 g/mol. The fourth-order valence-electron chi connectivity index (χ4n) is 0.555. The van der Waals surface area contributed by atoms with Gasteiger partial charge in [0.25, 0.3) is 0 Å². The fourth-order valence-corrected chi connectivity index (χ4v) is 0.555. The van der Waals surface area contributed by atoms with Gasteiger partial charge in [0.2, 0.25) is 0 Å². The van der Waals surface area contributed by atoms with Crippen LogP contribution in [0.5, 0.6) is 0 Å². The van der Waals surface area contributed by atoms with Gasteiger partial charge in [-0.2, -0.15) is 0 Å². The van der Waals surface area contributed by atoms with E-state index in [-0.39, 0.29) is 0 Å². The van der Waals surface area contributed by atoms with Crippen molar-refractivity contribution in [3.8, 4) is 0 Å². The molecule has 2 heteroatoms. The minimum Gasteiger partial charge on any atom is -0.355 e. The lowest BCUT2D eigenvalue weighted by Gasteiger charge is -2.05. The summed E-state index contributed by atoms with van der Waals surface area (Å²) in [5.74, 6) is 0.584. The van der Waals surface area contributed by atoms with Gasteiger partial charge in [-0.05, 0) is 12.8 Å². The van der Waals surface area contributed by atoms with Crippen molar-refractivity contribution in [2.45, 2.75) is 20.8 Å². The summed E-state index contributed by atoms with van der Waals surface area (Å²) in [7, 11) is 0. The lowest BCUT2D eigenvalue weighted by atomic mass is 10.2. The molecule has 0 heterocycles. The third-order valence-corrected chi connectivity index (χ3v) is 1.07. The molecule has 2 nitrogen and oxygen atoms in total. The van der Waals surface area contributed by atoms with E-state index < -0.39 is 0 Å². The topological polar surface area (TPSA) is 18.5 Å². The van der Waals surface area contributed by atoms with E-state index in [0.29, 0.717) is 19.3 Å². The molecule has 0 saturated carbocycles. The van der Waals surface area contributed by atoms with Gasteiger partial charge in [0.1, 0.15) is 6.79 Å². The lowest BCUT2D eigenvalue weighted by molar-refractivity contribution is -0.0522. The van der Waals surface area contributed by atoms with Gasteiger partial charge in [0, 0.05) is 0 Å². The molecule has 0 spiro atoms. The van der Waals surface area contributed by atoms with E-state index in [2.05, 4.69) is 13.8 Å². The van der Waals surface area contributed by atoms with Crippen molar-refractivity contribution in [1.29, 1.82) is 0 Å². The molecule has 0 aliphatic heterocycles. The van der Waals surface area contributed by atoms with Crippen LogP contribution in [-0.4, -0.2) is 20.0 Å². The Morgan fingerprint density at radius 2 is 2.00 bits per heavy atom. The maximum Gasteiger partial charge on any atom is 0.147 e. The number of hydrogen-bond donors (Lipinski definition) is 0. The molecule has 66 valence electrons. The van der Waals surface area contributed by atoms with E-state index >= 15 is 0 Å². The van der Waals surface area contributed by atoms with Crippen molar-refractivity contribution in [2.75, 3.05) is 20.0 Å². The lowest BCUT2D eigenvalue weighted by Crippen LogP contribution is -2.05. The van der Waals surface area contributed by atoms with E-state index in [0.717, 1.165) is 6.61 Å². The molecule has 0 aliphatic rings. The summed E-state index contributed by atoms with van der Waals surface area (Å²) < 4.78 is 10.3. The van der Waals surface area contributed by atoms with Crippen LogP contribution < -0.4 is 0 Å². The second-order valence-electron chi connectivity index (χ2n) is 2.82. The average Bonchev–Trinajstić information content (AvgIpc) is 1.96. The first-order chi connectivity index (χ1) is 5.27. The Balaban J connectivity index is 2.91. The Labute approximate surface area is 69.2 Å². The molecule has 0 unspecified atom stereocenters. The summed E-state index contributed by atoms with van der Waals surface area (Å²) in [5, 5.41) is 0.